The number of pyridine rings is 1. The number of piperidine rings is 1. The molecule has 1 aliphatic heterocycles. The van der Waals surface area contributed by atoms with Crippen molar-refractivity contribution < 1.29 is 4.79 Å². The monoisotopic (exact) mass is 276 g/mol. The zero-order valence-corrected chi connectivity index (χ0v) is 12.6. The molecule has 1 amide bonds. The van der Waals surface area contributed by atoms with Crippen molar-refractivity contribution in [1.29, 1.82) is 0 Å². The van der Waals surface area contributed by atoms with Crippen molar-refractivity contribution in [3.05, 3.63) is 24.0 Å². The predicted molar refractivity (Wildman–Crippen MR) is 81.0 cm³/mol. The molecule has 2 rings (SSSR count). The van der Waals surface area contributed by atoms with Gasteiger partial charge in [-0.1, -0.05) is 0 Å². The van der Waals surface area contributed by atoms with Crippen LogP contribution >= 0.6 is 0 Å². The number of carbonyl (C=O) groups excluding carboxylic acids is 1. The van der Waals surface area contributed by atoms with Gasteiger partial charge in [0.1, 0.15) is 0 Å². The fourth-order valence-electron chi connectivity index (χ4n) is 2.79. The summed E-state index contributed by atoms with van der Waals surface area (Å²) >= 11 is 0. The molecule has 110 valence electrons. The second kappa shape index (κ2) is 6.70. The molecular formula is C15H24N4O. The van der Waals surface area contributed by atoms with Gasteiger partial charge in [0.2, 0.25) is 0 Å². The van der Waals surface area contributed by atoms with E-state index < -0.39 is 0 Å². The third-order valence-corrected chi connectivity index (χ3v) is 3.85. The summed E-state index contributed by atoms with van der Waals surface area (Å²) in [4.78, 5) is 20.8. The van der Waals surface area contributed by atoms with Gasteiger partial charge in [-0.2, -0.15) is 0 Å². The van der Waals surface area contributed by atoms with Crippen molar-refractivity contribution >= 4 is 11.6 Å². The Morgan fingerprint density at radius 3 is 2.75 bits per heavy atom. The summed E-state index contributed by atoms with van der Waals surface area (Å²) in [5.41, 5.74) is 1.52. The van der Waals surface area contributed by atoms with Gasteiger partial charge in [-0.3, -0.25) is 9.78 Å². The average molecular weight is 276 g/mol. The van der Waals surface area contributed by atoms with Gasteiger partial charge in [-0.15, -0.1) is 0 Å². The molecule has 0 aliphatic carbocycles. The van der Waals surface area contributed by atoms with E-state index in [-0.39, 0.29) is 5.91 Å². The number of likely N-dealkylation sites (tertiary alicyclic amines) is 1. The molecule has 0 aromatic carbocycles. The highest BCUT2D eigenvalue weighted by Gasteiger charge is 2.25. The Morgan fingerprint density at radius 1 is 1.45 bits per heavy atom. The number of rotatable bonds is 4. The molecule has 1 fully saturated rings. The minimum absolute atomic E-state index is 0.111. The second-order valence-electron chi connectivity index (χ2n) is 5.67. The van der Waals surface area contributed by atoms with Crippen LogP contribution in [0.5, 0.6) is 0 Å². The van der Waals surface area contributed by atoms with Gasteiger partial charge in [0.25, 0.3) is 5.91 Å². The highest BCUT2D eigenvalue weighted by molar-refractivity contribution is 5.99. The molecule has 0 atom stereocenters. The van der Waals surface area contributed by atoms with Gasteiger partial charge in [-0.25, -0.2) is 0 Å². The van der Waals surface area contributed by atoms with E-state index in [2.05, 4.69) is 29.3 Å². The summed E-state index contributed by atoms with van der Waals surface area (Å²) in [6.45, 7) is 2.81. The Morgan fingerprint density at radius 2 is 2.15 bits per heavy atom. The highest BCUT2D eigenvalue weighted by Crippen LogP contribution is 2.22. The van der Waals surface area contributed by atoms with E-state index >= 15 is 0 Å². The van der Waals surface area contributed by atoms with Crippen molar-refractivity contribution in [2.75, 3.05) is 46.1 Å². The van der Waals surface area contributed by atoms with Crippen LogP contribution in [0.15, 0.2) is 18.5 Å². The Labute approximate surface area is 121 Å². The summed E-state index contributed by atoms with van der Waals surface area (Å²) in [5.74, 6) is 0.815. The number of hydrogen-bond donors (Lipinski definition) is 1. The number of hydrogen-bond acceptors (Lipinski definition) is 4. The Kier molecular flexibility index (Phi) is 4.95. The molecule has 5 heteroatoms. The average Bonchev–Trinajstić information content (AvgIpc) is 2.46. The van der Waals surface area contributed by atoms with Crippen LogP contribution in [0, 0.1) is 5.92 Å². The molecule has 0 bridgehead atoms. The fourth-order valence-corrected chi connectivity index (χ4v) is 2.79. The topological polar surface area (TPSA) is 48.5 Å². The van der Waals surface area contributed by atoms with Gasteiger partial charge in [0.05, 0.1) is 17.4 Å². The maximum atomic E-state index is 12.6. The molecular weight excluding hydrogens is 252 g/mol. The van der Waals surface area contributed by atoms with Crippen LogP contribution in [0.25, 0.3) is 0 Å². The van der Waals surface area contributed by atoms with Gasteiger partial charge in [0.15, 0.2) is 0 Å². The molecule has 1 aliphatic rings. The molecule has 20 heavy (non-hydrogen) atoms. The van der Waals surface area contributed by atoms with Crippen LogP contribution < -0.4 is 5.32 Å². The first kappa shape index (κ1) is 14.8. The SMILES string of the molecule is CNc1cnccc1C(=O)N1CCC(CN(C)C)CC1. The summed E-state index contributed by atoms with van der Waals surface area (Å²) in [7, 11) is 6.03. The zero-order chi connectivity index (χ0) is 14.5. The third-order valence-electron chi connectivity index (χ3n) is 3.85. The van der Waals surface area contributed by atoms with E-state index in [1.165, 1.54) is 0 Å². The number of nitrogens with one attached hydrogen (secondary N) is 1. The Bertz CT molecular complexity index is 453. The molecule has 1 aromatic heterocycles. The minimum Gasteiger partial charge on any atom is -0.386 e. The summed E-state index contributed by atoms with van der Waals surface area (Å²) < 4.78 is 0. The fraction of sp³-hybridized carbons (Fsp3) is 0.600. The van der Waals surface area contributed by atoms with E-state index in [0.717, 1.165) is 38.2 Å². The second-order valence-corrected chi connectivity index (χ2v) is 5.67. The maximum absolute atomic E-state index is 12.6. The smallest absolute Gasteiger partial charge is 0.256 e. The lowest BCUT2D eigenvalue weighted by Gasteiger charge is -2.33. The standard InChI is InChI=1S/C15H24N4O/c1-16-14-10-17-7-4-13(14)15(20)19-8-5-12(6-9-19)11-18(2)3/h4,7,10,12,16H,5-6,8-9,11H2,1-3H3. The van der Waals surface area contributed by atoms with E-state index in [9.17, 15) is 4.79 Å². The first-order chi connectivity index (χ1) is 9.61. The number of nitrogens with zero attached hydrogens (tertiary/aromatic N) is 3. The van der Waals surface area contributed by atoms with Crippen LogP contribution in [0.2, 0.25) is 0 Å². The zero-order valence-electron chi connectivity index (χ0n) is 12.6. The van der Waals surface area contributed by atoms with E-state index in [1.54, 1.807) is 18.5 Å². The van der Waals surface area contributed by atoms with E-state index in [0.29, 0.717) is 11.5 Å². The normalized spacial score (nSPS) is 16.5. The van der Waals surface area contributed by atoms with Crippen LogP contribution in [-0.4, -0.2) is 61.5 Å². The van der Waals surface area contributed by atoms with E-state index in [4.69, 9.17) is 0 Å². The Hall–Kier alpha value is -1.62. The highest BCUT2D eigenvalue weighted by atomic mass is 16.2. The minimum atomic E-state index is 0.111. The Balaban J connectivity index is 1.98. The first-order valence-corrected chi connectivity index (χ1v) is 7.17. The molecule has 1 saturated heterocycles. The van der Waals surface area contributed by atoms with Crippen molar-refractivity contribution in [3.8, 4) is 0 Å². The van der Waals surface area contributed by atoms with Crippen LogP contribution in [0.1, 0.15) is 23.2 Å². The molecule has 2 heterocycles. The van der Waals surface area contributed by atoms with Crippen LogP contribution in [0.3, 0.4) is 0 Å². The van der Waals surface area contributed by atoms with Crippen molar-refractivity contribution in [2.45, 2.75) is 12.8 Å². The first-order valence-electron chi connectivity index (χ1n) is 7.17. The largest absolute Gasteiger partial charge is 0.386 e. The van der Waals surface area contributed by atoms with Gasteiger partial charge >= 0.3 is 0 Å². The van der Waals surface area contributed by atoms with Gasteiger partial charge < -0.3 is 15.1 Å². The van der Waals surface area contributed by atoms with Gasteiger partial charge in [0, 0.05) is 32.9 Å². The van der Waals surface area contributed by atoms with Crippen molar-refractivity contribution in [2.24, 2.45) is 5.92 Å². The maximum Gasteiger partial charge on any atom is 0.256 e. The number of carbonyl (C=O) groups is 1. The lowest BCUT2D eigenvalue weighted by atomic mass is 9.96. The summed E-state index contributed by atoms with van der Waals surface area (Å²) in [5, 5.41) is 3.03. The van der Waals surface area contributed by atoms with E-state index in [1.807, 2.05) is 11.9 Å². The lowest BCUT2D eigenvalue weighted by molar-refractivity contribution is 0.0679. The number of amides is 1. The number of aromatic nitrogens is 1. The molecule has 0 radical (unpaired) electrons. The summed E-state index contributed by atoms with van der Waals surface area (Å²) in [6.07, 6.45) is 5.55. The van der Waals surface area contributed by atoms with Gasteiger partial charge in [-0.05, 0) is 38.9 Å². The van der Waals surface area contributed by atoms with Crippen molar-refractivity contribution in [3.63, 3.8) is 0 Å². The van der Waals surface area contributed by atoms with Crippen LogP contribution in [0.4, 0.5) is 5.69 Å². The molecule has 5 nitrogen and oxygen atoms in total. The lowest BCUT2D eigenvalue weighted by Crippen LogP contribution is -2.40. The molecule has 0 unspecified atom stereocenters. The van der Waals surface area contributed by atoms with Crippen molar-refractivity contribution in [1.82, 2.24) is 14.8 Å². The molecule has 0 spiro atoms. The molecule has 0 saturated carbocycles. The molecule has 1 N–H and O–H groups in total. The third kappa shape index (κ3) is 3.48. The van der Waals surface area contributed by atoms with Crippen LogP contribution in [-0.2, 0) is 0 Å². The number of anilines is 1. The molecule has 1 aromatic rings. The summed E-state index contributed by atoms with van der Waals surface area (Å²) in [6, 6.07) is 1.79. The predicted octanol–water partition coefficient (Wildman–Crippen LogP) is 1.54. The quantitative estimate of drug-likeness (QED) is 0.906.